The van der Waals surface area contributed by atoms with Crippen LogP contribution in [0, 0.1) is 6.92 Å². The third-order valence-corrected chi connectivity index (χ3v) is 6.85. The van der Waals surface area contributed by atoms with Crippen molar-refractivity contribution in [2.75, 3.05) is 11.9 Å². The molecule has 1 fully saturated rings. The van der Waals surface area contributed by atoms with E-state index in [-0.39, 0.29) is 11.9 Å². The maximum atomic E-state index is 13.0. The number of aromatic nitrogens is 3. The quantitative estimate of drug-likeness (QED) is 0.430. The van der Waals surface area contributed by atoms with Crippen LogP contribution in [-0.2, 0) is 11.2 Å². The first-order chi connectivity index (χ1) is 15.7. The van der Waals surface area contributed by atoms with Gasteiger partial charge < -0.3 is 10.2 Å². The zero-order valence-corrected chi connectivity index (χ0v) is 18.8. The van der Waals surface area contributed by atoms with Crippen molar-refractivity contribution < 1.29 is 4.79 Å². The summed E-state index contributed by atoms with van der Waals surface area (Å²) in [6, 6.07) is 18.1. The topological polar surface area (TPSA) is 71.0 Å². The van der Waals surface area contributed by atoms with Gasteiger partial charge in [0.2, 0.25) is 5.91 Å². The normalized spacial score (nSPS) is 15.9. The Bertz CT molecular complexity index is 1200. The number of amides is 1. The number of thiazole rings is 1. The van der Waals surface area contributed by atoms with E-state index in [9.17, 15) is 4.79 Å². The van der Waals surface area contributed by atoms with E-state index in [2.05, 4.69) is 26.3 Å². The van der Waals surface area contributed by atoms with Gasteiger partial charge in [0.15, 0.2) is 0 Å². The molecule has 4 aromatic rings. The number of para-hydroxylation sites is 1. The fourth-order valence-corrected chi connectivity index (χ4v) is 5.16. The Morgan fingerprint density at radius 1 is 1.12 bits per heavy atom. The fourth-order valence-electron chi connectivity index (χ4n) is 4.19. The Balaban J connectivity index is 1.23. The third-order valence-electron chi connectivity index (χ3n) is 5.75. The SMILES string of the molecule is Cc1cccc(Nc2ccc([C@@H]3CCCN3C(=O)CCc3nc4ccccc4s3)nc2)n1. The predicted octanol–water partition coefficient (Wildman–Crippen LogP) is 5.43. The summed E-state index contributed by atoms with van der Waals surface area (Å²) in [4.78, 5) is 28.8. The van der Waals surface area contributed by atoms with Gasteiger partial charge in [0.1, 0.15) is 5.82 Å². The lowest BCUT2D eigenvalue weighted by Crippen LogP contribution is -2.31. The molecule has 0 radical (unpaired) electrons. The Labute approximate surface area is 191 Å². The number of nitrogens with one attached hydrogen (secondary N) is 1. The molecular weight excluding hydrogens is 418 g/mol. The molecule has 0 bridgehead atoms. The summed E-state index contributed by atoms with van der Waals surface area (Å²) in [5.41, 5.74) is 3.81. The van der Waals surface area contributed by atoms with Gasteiger partial charge in [-0.2, -0.15) is 0 Å². The minimum atomic E-state index is 0.0454. The molecule has 0 unspecified atom stereocenters. The van der Waals surface area contributed by atoms with Crippen molar-refractivity contribution >= 4 is 39.0 Å². The Morgan fingerprint density at radius 3 is 2.84 bits per heavy atom. The second-order valence-corrected chi connectivity index (χ2v) is 9.20. The number of aryl methyl sites for hydroxylation is 2. The molecule has 7 heteroatoms. The van der Waals surface area contributed by atoms with Crippen LogP contribution in [0.25, 0.3) is 10.2 Å². The number of nitrogens with zero attached hydrogens (tertiary/aromatic N) is 4. The molecule has 1 aromatic carbocycles. The molecule has 3 aromatic heterocycles. The molecule has 162 valence electrons. The van der Waals surface area contributed by atoms with Gasteiger partial charge in [-0.05, 0) is 56.2 Å². The highest BCUT2D eigenvalue weighted by molar-refractivity contribution is 7.18. The smallest absolute Gasteiger partial charge is 0.223 e. The van der Waals surface area contributed by atoms with E-state index in [1.54, 1.807) is 11.3 Å². The van der Waals surface area contributed by atoms with Crippen molar-refractivity contribution in [1.82, 2.24) is 19.9 Å². The summed E-state index contributed by atoms with van der Waals surface area (Å²) in [5.74, 6) is 0.979. The Morgan fingerprint density at radius 2 is 2.03 bits per heavy atom. The van der Waals surface area contributed by atoms with Gasteiger partial charge in [0.05, 0.1) is 38.8 Å². The average molecular weight is 444 g/mol. The molecule has 1 N–H and O–H groups in total. The highest BCUT2D eigenvalue weighted by Crippen LogP contribution is 2.32. The number of benzene rings is 1. The molecule has 0 spiro atoms. The van der Waals surface area contributed by atoms with E-state index in [1.165, 1.54) is 4.70 Å². The first kappa shape index (κ1) is 20.6. The standard InChI is InChI=1S/C25H25N5OS/c1-17-6-4-10-23(27-17)28-18-11-12-19(26-16-18)21-8-5-15-30(21)25(31)14-13-24-29-20-7-2-3-9-22(20)32-24/h2-4,6-7,9-12,16,21H,5,8,13-15H2,1H3,(H,27,28)/t21-/m0/s1. The summed E-state index contributed by atoms with van der Waals surface area (Å²) < 4.78 is 1.17. The molecule has 1 amide bonds. The summed E-state index contributed by atoms with van der Waals surface area (Å²) in [6.07, 6.45) is 4.94. The van der Waals surface area contributed by atoms with Crippen LogP contribution in [0.3, 0.4) is 0 Å². The van der Waals surface area contributed by atoms with Gasteiger partial charge in [-0.15, -0.1) is 11.3 Å². The summed E-state index contributed by atoms with van der Waals surface area (Å²) in [6.45, 7) is 2.76. The van der Waals surface area contributed by atoms with Gasteiger partial charge in [-0.25, -0.2) is 9.97 Å². The molecule has 6 nitrogen and oxygen atoms in total. The summed E-state index contributed by atoms with van der Waals surface area (Å²) >= 11 is 1.68. The molecule has 1 aliphatic heterocycles. The van der Waals surface area contributed by atoms with Crippen LogP contribution in [0.15, 0.2) is 60.8 Å². The minimum Gasteiger partial charge on any atom is -0.339 e. The Hall–Kier alpha value is -3.32. The molecule has 5 rings (SSSR count). The van der Waals surface area contributed by atoms with Crippen molar-refractivity contribution in [3.63, 3.8) is 0 Å². The number of carbonyl (C=O) groups excluding carboxylic acids is 1. The van der Waals surface area contributed by atoms with Crippen LogP contribution < -0.4 is 5.32 Å². The second kappa shape index (κ2) is 9.04. The van der Waals surface area contributed by atoms with Gasteiger partial charge in [0.25, 0.3) is 0 Å². The van der Waals surface area contributed by atoms with E-state index in [4.69, 9.17) is 0 Å². The number of likely N-dealkylation sites (tertiary alicyclic amines) is 1. The lowest BCUT2D eigenvalue weighted by molar-refractivity contribution is -0.132. The summed E-state index contributed by atoms with van der Waals surface area (Å²) in [5, 5.41) is 4.31. The van der Waals surface area contributed by atoms with Crippen molar-refractivity contribution in [2.45, 2.75) is 38.6 Å². The largest absolute Gasteiger partial charge is 0.339 e. The molecule has 0 aliphatic carbocycles. The maximum Gasteiger partial charge on any atom is 0.223 e. The lowest BCUT2D eigenvalue weighted by Gasteiger charge is -2.24. The van der Waals surface area contributed by atoms with E-state index in [0.717, 1.165) is 52.8 Å². The number of anilines is 2. The zero-order chi connectivity index (χ0) is 21.9. The molecule has 1 aliphatic rings. The van der Waals surface area contributed by atoms with Gasteiger partial charge in [0, 0.05) is 25.1 Å². The van der Waals surface area contributed by atoms with E-state index >= 15 is 0 Å². The summed E-state index contributed by atoms with van der Waals surface area (Å²) in [7, 11) is 0. The highest BCUT2D eigenvalue weighted by atomic mass is 32.1. The number of carbonyl (C=O) groups is 1. The van der Waals surface area contributed by atoms with E-state index in [0.29, 0.717) is 12.8 Å². The molecule has 4 heterocycles. The number of hydrogen-bond donors (Lipinski definition) is 1. The lowest BCUT2D eigenvalue weighted by atomic mass is 10.1. The van der Waals surface area contributed by atoms with E-state index < -0.39 is 0 Å². The fraction of sp³-hybridized carbons (Fsp3) is 0.280. The van der Waals surface area contributed by atoms with Crippen molar-refractivity contribution in [3.05, 3.63) is 77.2 Å². The molecule has 1 atom stereocenters. The number of hydrogen-bond acceptors (Lipinski definition) is 6. The highest BCUT2D eigenvalue weighted by Gasteiger charge is 2.30. The first-order valence-corrected chi connectivity index (χ1v) is 11.8. The number of pyridine rings is 2. The van der Waals surface area contributed by atoms with Crippen LogP contribution in [0.4, 0.5) is 11.5 Å². The van der Waals surface area contributed by atoms with Crippen LogP contribution >= 0.6 is 11.3 Å². The van der Waals surface area contributed by atoms with Gasteiger partial charge in [-0.1, -0.05) is 18.2 Å². The maximum absolute atomic E-state index is 13.0. The van der Waals surface area contributed by atoms with Crippen LogP contribution in [0.5, 0.6) is 0 Å². The third kappa shape index (κ3) is 4.48. The predicted molar refractivity (Wildman–Crippen MR) is 128 cm³/mol. The minimum absolute atomic E-state index is 0.0454. The average Bonchev–Trinajstić information content (AvgIpc) is 3.45. The van der Waals surface area contributed by atoms with Crippen LogP contribution in [0.1, 0.15) is 41.7 Å². The molecular formula is C25H25N5OS. The first-order valence-electron chi connectivity index (χ1n) is 11.0. The number of rotatable bonds is 6. The van der Waals surface area contributed by atoms with E-state index in [1.807, 2.05) is 66.6 Å². The van der Waals surface area contributed by atoms with Crippen molar-refractivity contribution in [1.29, 1.82) is 0 Å². The van der Waals surface area contributed by atoms with Gasteiger partial charge >= 0.3 is 0 Å². The van der Waals surface area contributed by atoms with Gasteiger partial charge in [-0.3, -0.25) is 9.78 Å². The number of fused-ring (bicyclic) bond motifs is 1. The molecule has 0 saturated carbocycles. The van der Waals surface area contributed by atoms with Crippen LogP contribution in [-0.4, -0.2) is 32.3 Å². The van der Waals surface area contributed by atoms with Crippen LogP contribution in [0.2, 0.25) is 0 Å². The molecule has 1 saturated heterocycles. The Kier molecular flexibility index (Phi) is 5.81. The second-order valence-electron chi connectivity index (χ2n) is 8.08. The van der Waals surface area contributed by atoms with Crippen molar-refractivity contribution in [3.8, 4) is 0 Å². The molecule has 32 heavy (non-hydrogen) atoms. The zero-order valence-electron chi connectivity index (χ0n) is 18.0. The van der Waals surface area contributed by atoms with Crippen molar-refractivity contribution in [2.24, 2.45) is 0 Å². The monoisotopic (exact) mass is 443 g/mol.